The van der Waals surface area contributed by atoms with Crippen molar-refractivity contribution in [2.75, 3.05) is 12.3 Å². The van der Waals surface area contributed by atoms with Crippen LogP contribution in [0.4, 0.5) is 10.3 Å². The number of imidazole rings is 1. The normalized spacial score (nSPS) is 27.3. The predicted molar refractivity (Wildman–Crippen MR) is 94.3 cm³/mol. The standard InChI is InChI=1S/C12H18FN5O9P2/c1-12(13)2-6(4-25-29(23,24)27-28(20,21)22)26-7(12)3-18-5-15-8-9(18)16-11(14)17-10(8)19/h5-7H,2-4H2,1H3,(H,23,24)(H2,20,21,22)(H3,14,16,17,19)/t6-,7-,12+/m0/s1. The number of nitrogens with two attached hydrogens (primary N) is 1. The number of hydrogen-bond acceptors (Lipinski definition) is 9. The highest BCUT2D eigenvalue weighted by atomic mass is 31.3. The summed E-state index contributed by atoms with van der Waals surface area (Å²) >= 11 is 0. The first-order valence-electron chi connectivity index (χ1n) is 8.05. The summed E-state index contributed by atoms with van der Waals surface area (Å²) in [6.07, 6.45) is -1.05. The van der Waals surface area contributed by atoms with Crippen LogP contribution in [0.25, 0.3) is 11.2 Å². The zero-order chi connectivity index (χ0) is 21.6. The molecule has 6 N–H and O–H groups in total. The van der Waals surface area contributed by atoms with E-state index < -0.39 is 45.7 Å². The van der Waals surface area contributed by atoms with Crippen LogP contribution in [0.15, 0.2) is 11.1 Å². The van der Waals surface area contributed by atoms with Gasteiger partial charge >= 0.3 is 15.6 Å². The van der Waals surface area contributed by atoms with Crippen LogP contribution < -0.4 is 11.3 Å². The van der Waals surface area contributed by atoms with Gasteiger partial charge < -0.3 is 29.7 Å². The van der Waals surface area contributed by atoms with Crippen molar-refractivity contribution < 1.29 is 41.8 Å². The third-order valence-corrected chi connectivity index (χ3v) is 6.30. The summed E-state index contributed by atoms with van der Waals surface area (Å²) in [6.45, 7) is 0.487. The molecule has 1 saturated heterocycles. The molecule has 4 atom stereocenters. The molecule has 0 saturated carbocycles. The number of H-pyrrole nitrogens is 1. The second-order valence-corrected chi connectivity index (χ2v) is 9.42. The minimum atomic E-state index is -5.27. The molecule has 0 radical (unpaired) electrons. The molecule has 0 aromatic carbocycles. The fourth-order valence-electron chi connectivity index (χ4n) is 2.95. The lowest BCUT2D eigenvalue weighted by molar-refractivity contribution is -0.0225. The number of rotatable bonds is 7. The van der Waals surface area contributed by atoms with E-state index in [4.69, 9.17) is 20.3 Å². The van der Waals surface area contributed by atoms with Crippen LogP contribution in [0.2, 0.25) is 0 Å². The Hall–Kier alpha value is -1.70. The number of hydrogen-bond donors (Lipinski definition) is 5. The molecule has 162 valence electrons. The van der Waals surface area contributed by atoms with Crippen molar-refractivity contribution in [3.8, 4) is 0 Å². The van der Waals surface area contributed by atoms with Crippen LogP contribution in [0.3, 0.4) is 0 Å². The van der Waals surface area contributed by atoms with Crippen LogP contribution >= 0.6 is 15.6 Å². The van der Waals surface area contributed by atoms with E-state index in [2.05, 4.69) is 23.8 Å². The number of nitrogens with one attached hydrogen (secondary N) is 1. The van der Waals surface area contributed by atoms with Gasteiger partial charge in [-0.1, -0.05) is 0 Å². The maximum Gasteiger partial charge on any atom is 0.481 e. The van der Waals surface area contributed by atoms with Crippen LogP contribution in [0, 0.1) is 0 Å². The lowest BCUT2D eigenvalue weighted by atomic mass is 9.98. The molecule has 1 unspecified atom stereocenters. The van der Waals surface area contributed by atoms with E-state index in [1.807, 2.05) is 0 Å². The summed E-state index contributed by atoms with van der Waals surface area (Å²) in [7, 11) is -10.3. The van der Waals surface area contributed by atoms with Crippen molar-refractivity contribution in [3.63, 3.8) is 0 Å². The molecule has 3 heterocycles. The zero-order valence-corrected chi connectivity index (χ0v) is 16.6. The van der Waals surface area contributed by atoms with Crippen molar-refractivity contribution in [1.82, 2.24) is 19.5 Å². The third-order valence-electron chi connectivity index (χ3n) is 4.14. The van der Waals surface area contributed by atoms with E-state index in [1.54, 1.807) is 0 Å². The lowest BCUT2D eigenvalue weighted by Gasteiger charge is -2.21. The number of halogens is 1. The Bertz CT molecular complexity index is 1070. The Kier molecular flexibility index (Phi) is 5.71. The van der Waals surface area contributed by atoms with Gasteiger partial charge in [-0.15, -0.1) is 0 Å². The van der Waals surface area contributed by atoms with Gasteiger partial charge in [-0.25, -0.2) is 18.5 Å². The fraction of sp³-hybridized carbons (Fsp3) is 0.583. The molecular weight excluding hydrogens is 439 g/mol. The highest BCUT2D eigenvalue weighted by Gasteiger charge is 2.47. The van der Waals surface area contributed by atoms with Gasteiger partial charge in [-0.05, 0) is 6.92 Å². The van der Waals surface area contributed by atoms with E-state index >= 15 is 0 Å². The summed E-state index contributed by atoms with van der Waals surface area (Å²) in [5.41, 5.74) is 3.19. The van der Waals surface area contributed by atoms with Crippen LogP contribution in [0.1, 0.15) is 13.3 Å². The highest BCUT2D eigenvalue weighted by molar-refractivity contribution is 7.60. The number of aromatic amines is 1. The van der Waals surface area contributed by atoms with E-state index in [0.717, 1.165) is 0 Å². The highest BCUT2D eigenvalue weighted by Crippen LogP contribution is 2.57. The Morgan fingerprint density at radius 3 is 2.83 bits per heavy atom. The lowest BCUT2D eigenvalue weighted by Crippen LogP contribution is -2.33. The van der Waals surface area contributed by atoms with Crippen molar-refractivity contribution >= 4 is 32.8 Å². The monoisotopic (exact) mass is 457 g/mol. The molecular formula is C12H18FN5O9P2. The second kappa shape index (κ2) is 7.52. The molecule has 0 bridgehead atoms. The number of alkyl halides is 1. The Morgan fingerprint density at radius 2 is 2.17 bits per heavy atom. The number of aromatic nitrogens is 4. The molecule has 0 spiro atoms. The minimum Gasteiger partial charge on any atom is -0.369 e. The molecule has 0 amide bonds. The number of ether oxygens (including phenoxy) is 1. The van der Waals surface area contributed by atoms with Gasteiger partial charge in [0.15, 0.2) is 11.2 Å². The van der Waals surface area contributed by atoms with Crippen molar-refractivity contribution in [3.05, 3.63) is 16.7 Å². The first-order valence-corrected chi connectivity index (χ1v) is 11.1. The fourth-order valence-corrected chi connectivity index (χ4v) is 4.57. The molecule has 2 aromatic rings. The van der Waals surface area contributed by atoms with Gasteiger partial charge in [-0.3, -0.25) is 14.3 Å². The summed E-state index contributed by atoms with van der Waals surface area (Å²) in [5.74, 6) is -0.144. The largest absolute Gasteiger partial charge is 0.481 e. The molecule has 17 heteroatoms. The number of phosphoric ester groups is 1. The first-order chi connectivity index (χ1) is 13.3. The molecule has 0 aliphatic carbocycles. The van der Waals surface area contributed by atoms with Gasteiger partial charge in [0, 0.05) is 6.42 Å². The first kappa shape index (κ1) is 22.0. The van der Waals surface area contributed by atoms with Gasteiger partial charge in [-0.2, -0.15) is 9.29 Å². The van der Waals surface area contributed by atoms with Crippen molar-refractivity contribution in [2.24, 2.45) is 0 Å². The van der Waals surface area contributed by atoms with E-state index in [-0.39, 0.29) is 30.1 Å². The van der Waals surface area contributed by atoms with E-state index in [0.29, 0.717) is 0 Å². The summed E-state index contributed by atoms with van der Waals surface area (Å²) in [5, 5.41) is 0. The van der Waals surface area contributed by atoms with Crippen LogP contribution in [-0.2, 0) is 29.2 Å². The molecule has 1 aliphatic rings. The van der Waals surface area contributed by atoms with Gasteiger partial charge in [0.2, 0.25) is 5.95 Å². The number of nitrogens with zero attached hydrogens (tertiary/aromatic N) is 3. The van der Waals surface area contributed by atoms with Gasteiger partial charge in [0.25, 0.3) is 5.56 Å². The molecule has 29 heavy (non-hydrogen) atoms. The van der Waals surface area contributed by atoms with Gasteiger partial charge in [0.05, 0.1) is 25.6 Å². The minimum absolute atomic E-state index is 0.00782. The Balaban J connectivity index is 1.70. The SMILES string of the molecule is C[C@@]1(F)C[C@@H](COP(=O)(O)OP(=O)(O)O)O[C@H]1Cn1cnc2c(=O)[nH]c(N)nc21. The predicted octanol–water partition coefficient (Wildman–Crippen LogP) is -0.186. The van der Waals surface area contributed by atoms with E-state index in [9.17, 15) is 23.2 Å². The van der Waals surface area contributed by atoms with Gasteiger partial charge in [0.1, 0.15) is 11.8 Å². The average molecular weight is 457 g/mol. The quantitative estimate of drug-likeness (QED) is 0.342. The van der Waals surface area contributed by atoms with Crippen molar-refractivity contribution in [1.29, 1.82) is 0 Å². The maximum absolute atomic E-state index is 15.0. The Labute approximate surface area is 161 Å². The van der Waals surface area contributed by atoms with Crippen LogP contribution in [-0.4, -0.2) is 58.7 Å². The molecule has 3 rings (SSSR count). The van der Waals surface area contributed by atoms with Crippen LogP contribution in [0.5, 0.6) is 0 Å². The van der Waals surface area contributed by atoms with E-state index in [1.165, 1.54) is 17.8 Å². The van der Waals surface area contributed by atoms with Crippen molar-refractivity contribution in [2.45, 2.75) is 37.8 Å². The topological polar surface area (TPSA) is 212 Å². The Morgan fingerprint density at radius 1 is 1.48 bits per heavy atom. The molecule has 2 aromatic heterocycles. The number of phosphoric acid groups is 2. The summed E-state index contributed by atoms with van der Waals surface area (Å²) in [4.78, 5) is 48.4. The second-order valence-electron chi connectivity index (χ2n) is 6.59. The maximum atomic E-state index is 15.0. The molecule has 1 fully saturated rings. The summed E-state index contributed by atoms with van der Waals surface area (Å²) < 4.78 is 52.1. The summed E-state index contributed by atoms with van der Waals surface area (Å²) in [6, 6.07) is 0. The number of nitrogen functional groups attached to an aromatic ring is 1. The zero-order valence-electron chi connectivity index (χ0n) is 14.8. The third kappa shape index (κ3) is 5.27. The smallest absolute Gasteiger partial charge is 0.369 e. The number of fused-ring (bicyclic) bond motifs is 1. The number of anilines is 1. The molecule has 1 aliphatic heterocycles. The molecule has 14 nitrogen and oxygen atoms in total. The average Bonchev–Trinajstić information content (AvgIpc) is 3.05.